The number of fused-ring (bicyclic) bond motifs is 1. The molecule has 0 saturated heterocycles. The summed E-state index contributed by atoms with van der Waals surface area (Å²) < 4.78 is 26.4. The predicted octanol–water partition coefficient (Wildman–Crippen LogP) is 2.92. The Bertz CT molecular complexity index is 883. The van der Waals surface area contributed by atoms with Gasteiger partial charge in [-0.05, 0) is 30.3 Å². The average molecular weight is 408 g/mol. The maximum Gasteiger partial charge on any atom is 0.338 e. The van der Waals surface area contributed by atoms with Crippen LogP contribution in [-0.2, 0) is 9.53 Å². The van der Waals surface area contributed by atoms with E-state index in [0.717, 1.165) is 0 Å². The highest BCUT2D eigenvalue weighted by Gasteiger charge is 2.22. The first-order chi connectivity index (χ1) is 13.5. The molecule has 8 nitrogen and oxygen atoms in total. The van der Waals surface area contributed by atoms with Crippen LogP contribution in [0.15, 0.2) is 30.3 Å². The molecule has 0 atom stereocenters. The Hall–Kier alpha value is -3.13. The lowest BCUT2D eigenvalue weighted by Gasteiger charge is -2.21. The Morgan fingerprint density at radius 3 is 2.57 bits per heavy atom. The second-order valence-corrected chi connectivity index (χ2v) is 6.11. The van der Waals surface area contributed by atoms with Crippen molar-refractivity contribution in [1.29, 1.82) is 0 Å². The summed E-state index contributed by atoms with van der Waals surface area (Å²) in [4.78, 5) is 24.5. The normalized spacial score (nSPS) is 12.1. The van der Waals surface area contributed by atoms with Gasteiger partial charge in [0.25, 0.3) is 5.91 Å². The Kier molecular flexibility index (Phi) is 6.10. The summed E-state index contributed by atoms with van der Waals surface area (Å²) in [5, 5.41) is 3.01. The van der Waals surface area contributed by atoms with Gasteiger partial charge in [-0.3, -0.25) is 4.79 Å². The van der Waals surface area contributed by atoms with Crippen LogP contribution in [0.5, 0.6) is 23.0 Å². The third-order valence-corrected chi connectivity index (χ3v) is 4.07. The van der Waals surface area contributed by atoms with Crippen LogP contribution in [-0.4, -0.2) is 45.9 Å². The molecule has 0 fully saturated rings. The molecule has 28 heavy (non-hydrogen) atoms. The molecule has 1 heterocycles. The first-order valence-corrected chi connectivity index (χ1v) is 8.67. The molecule has 0 saturated carbocycles. The van der Waals surface area contributed by atoms with E-state index in [9.17, 15) is 9.59 Å². The first-order valence-electron chi connectivity index (χ1n) is 8.30. The number of esters is 1. The fourth-order valence-corrected chi connectivity index (χ4v) is 2.74. The van der Waals surface area contributed by atoms with E-state index in [1.165, 1.54) is 32.4 Å². The Morgan fingerprint density at radius 1 is 1.07 bits per heavy atom. The number of amides is 1. The molecule has 0 radical (unpaired) electrons. The highest BCUT2D eigenvalue weighted by atomic mass is 35.5. The number of carbonyl (C=O) groups excluding carboxylic acids is 2. The standard InChI is InChI=1S/C19H18ClNO7/c1-24-14-4-3-12(20)9-13(14)21-17(22)10-28-19(23)11-7-15(25-2)18-16(8-11)26-5-6-27-18/h3-4,7-9H,5-6,10H2,1-2H3,(H,21,22). The van der Waals surface area contributed by atoms with Crippen LogP contribution in [0.3, 0.4) is 0 Å². The molecule has 1 N–H and O–H groups in total. The average Bonchev–Trinajstić information content (AvgIpc) is 2.71. The van der Waals surface area contributed by atoms with E-state index < -0.39 is 18.5 Å². The Balaban J connectivity index is 1.66. The van der Waals surface area contributed by atoms with Gasteiger partial charge in [-0.2, -0.15) is 0 Å². The number of nitrogens with one attached hydrogen (secondary N) is 1. The molecular formula is C19H18ClNO7. The molecule has 0 unspecified atom stereocenters. The van der Waals surface area contributed by atoms with Gasteiger partial charge < -0.3 is 29.0 Å². The summed E-state index contributed by atoms with van der Waals surface area (Å²) >= 11 is 5.93. The van der Waals surface area contributed by atoms with E-state index in [1.807, 2.05) is 0 Å². The summed E-state index contributed by atoms with van der Waals surface area (Å²) in [7, 11) is 2.92. The third-order valence-electron chi connectivity index (χ3n) is 3.83. The molecule has 0 aromatic heterocycles. The first kappa shape index (κ1) is 19.6. The summed E-state index contributed by atoms with van der Waals surface area (Å²) in [6.45, 7) is 0.254. The smallest absolute Gasteiger partial charge is 0.338 e. The van der Waals surface area contributed by atoms with E-state index in [4.69, 9.17) is 35.3 Å². The number of carbonyl (C=O) groups is 2. The highest BCUT2D eigenvalue weighted by Crippen LogP contribution is 2.40. The van der Waals surface area contributed by atoms with Crippen molar-refractivity contribution < 1.29 is 33.3 Å². The van der Waals surface area contributed by atoms with Crippen LogP contribution >= 0.6 is 11.6 Å². The number of halogens is 1. The second kappa shape index (κ2) is 8.71. The fourth-order valence-electron chi connectivity index (χ4n) is 2.57. The molecule has 0 aliphatic carbocycles. The molecule has 2 aromatic carbocycles. The van der Waals surface area contributed by atoms with Crippen LogP contribution in [0.25, 0.3) is 0 Å². The van der Waals surface area contributed by atoms with Crippen LogP contribution in [0.4, 0.5) is 5.69 Å². The molecule has 3 rings (SSSR count). The van der Waals surface area contributed by atoms with Crippen LogP contribution in [0, 0.1) is 0 Å². The molecule has 1 aliphatic rings. The van der Waals surface area contributed by atoms with E-state index in [1.54, 1.807) is 12.1 Å². The minimum absolute atomic E-state index is 0.175. The molecule has 0 bridgehead atoms. The van der Waals surface area contributed by atoms with Gasteiger partial charge in [0, 0.05) is 5.02 Å². The van der Waals surface area contributed by atoms with Crippen LogP contribution < -0.4 is 24.3 Å². The lowest BCUT2D eigenvalue weighted by molar-refractivity contribution is -0.119. The van der Waals surface area contributed by atoms with Crippen molar-refractivity contribution in [3.63, 3.8) is 0 Å². The fraction of sp³-hybridized carbons (Fsp3) is 0.263. The number of anilines is 1. The van der Waals surface area contributed by atoms with Gasteiger partial charge in [0.1, 0.15) is 19.0 Å². The molecule has 148 valence electrons. The molecule has 2 aromatic rings. The van der Waals surface area contributed by atoms with Crippen LogP contribution in [0.1, 0.15) is 10.4 Å². The zero-order valence-corrected chi connectivity index (χ0v) is 16.0. The predicted molar refractivity (Wildman–Crippen MR) is 101 cm³/mol. The van der Waals surface area contributed by atoms with E-state index >= 15 is 0 Å². The van der Waals surface area contributed by atoms with Gasteiger partial charge >= 0.3 is 5.97 Å². The molecule has 0 spiro atoms. The Labute approximate surface area is 166 Å². The van der Waals surface area contributed by atoms with Crippen molar-refractivity contribution in [1.82, 2.24) is 0 Å². The van der Waals surface area contributed by atoms with Gasteiger partial charge in [-0.15, -0.1) is 0 Å². The van der Waals surface area contributed by atoms with Crippen molar-refractivity contribution in [2.45, 2.75) is 0 Å². The topological polar surface area (TPSA) is 92.3 Å². The van der Waals surface area contributed by atoms with Gasteiger partial charge in [0.15, 0.2) is 18.1 Å². The van der Waals surface area contributed by atoms with Crippen molar-refractivity contribution in [3.05, 3.63) is 40.9 Å². The van der Waals surface area contributed by atoms with Crippen LogP contribution in [0.2, 0.25) is 5.02 Å². The maximum atomic E-state index is 12.3. The van der Waals surface area contributed by atoms with Gasteiger partial charge in [-0.1, -0.05) is 11.6 Å². The molecular weight excluding hydrogens is 390 g/mol. The number of benzene rings is 2. The number of methoxy groups -OCH3 is 2. The minimum atomic E-state index is -0.705. The summed E-state index contributed by atoms with van der Waals surface area (Å²) in [6, 6.07) is 7.73. The number of rotatable bonds is 6. The van der Waals surface area contributed by atoms with Crippen molar-refractivity contribution in [3.8, 4) is 23.0 Å². The third kappa shape index (κ3) is 4.40. The quantitative estimate of drug-likeness (QED) is 0.736. The second-order valence-electron chi connectivity index (χ2n) is 5.67. The molecule has 9 heteroatoms. The van der Waals surface area contributed by atoms with Crippen molar-refractivity contribution >= 4 is 29.2 Å². The van der Waals surface area contributed by atoms with Gasteiger partial charge in [-0.25, -0.2) is 4.79 Å². The van der Waals surface area contributed by atoms with Gasteiger partial charge in [0.05, 0.1) is 25.5 Å². The lowest BCUT2D eigenvalue weighted by Crippen LogP contribution is -2.21. The number of hydrogen-bond donors (Lipinski definition) is 1. The Morgan fingerprint density at radius 2 is 1.82 bits per heavy atom. The maximum absolute atomic E-state index is 12.3. The van der Waals surface area contributed by atoms with Gasteiger partial charge in [0.2, 0.25) is 5.75 Å². The SMILES string of the molecule is COc1ccc(Cl)cc1NC(=O)COC(=O)c1cc(OC)c2c(c1)OCCO2. The zero-order valence-electron chi connectivity index (χ0n) is 15.2. The zero-order chi connectivity index (χ0) is 20.1. The monoisotopic (exact) mass is 407 g/mol. The van der Waals surface area contributed by atoms with E-state index in [0.29, 0.717) is 46.9 Å². The minimum Gasteiger partial charge on any atom is -0.495 e. The summed E-state index contributed by atoms with van der Waals surface area (Å²) in [5.41, 5.74) is 0.547. The van der Waals surface area contributed by atoms with Crippen molar-refractivity contribution in [2.24, 2.45) is 0 Å². The highest BCUT2D eigenvalue weighted by molar-refractivity contribution is 6.31. The number of ether oxygens (including phenoxy) is 5. The molecule has 1 aliphatic heterocycles. The van der Waals surface area contributed by atoms with E-state index in [2.05, 4.69) is 5.32 Å². The van der Waals surface area contributed by atoms with Crippen molar-refractivity contribution in [2.75, 3.05) is 39.4 Å². The molecule has 1 amide bonds. The summed E-state index contributed by atoms with van der Waals surface area (Å²) in [5.74, 6) is 0.335. The largest absolute Gasteiger partial charge is 0.495 e. The van der Waals surface area contributed by atoms with E-state index in [-0.39, 0.29) is 5.56 Å². The number of hydrogen-bond acceptors (Lipinski definition) is 7. The lowest BCUT2D eigenvalue weighted by atomic mass is 10.1. The summed E-state index contributed by atoms with van der Waals surface area (Å²) in [6.07, 6.45) is 0.